The van der Waals surface area contributed by atoms with E-state index in [1.807, 2.05) is 0 Å². The van der Waals surface area contributed by atoms with Crippen LogP contribution in [0.4, 0.5) is 17.1 Å². The Labute approximate surface area is 359 Å². The maximum atomic E-state index is 6.95. The summed E-state index contributed by atoms with van der Waals surface area (Å²) in [6.07, 6.45) is 0. The van der Waals surface area contributed by atoms with Crippen LogP contribution < -0.4 is 4.90 Å². The third kappa shape index (κ3) is 5.96. The Balaban J connectivity index is 1.22. The third-order valence-electron chi connectivity index (χ3n) is 12.5. The molecule has 0 N–H and O–H groups in total. The summed E-state index contributed by atoms with van der Waals surface area (Å²) in [5.74, 6) is 0. The van der Waals surface area contributed by atoms with Crippen molar-refractivity contribution in [3.05, 3.63) is 237 Å². The molecule has 12 rings (SSSR count). The minimum atomic E-state index is 0.884. The molecule has 1 heterocycles. The summed E-state index contributed by atoms with van der Waals surface area (Å²) in [5.41, 5.74) is 9.73. The van der Waals surface area contributed by atoms with E-state index in [9.17, 15) is 0 Å². The Hall–Kier alpha value is -8.20. The van der Waals surface area contributed by atoms with Crippen molar-refractivity contribution in [1.29, 1.82) is 0 Å². The lowest BCUT2D eigenvalue weighted by atomic mass is 9.93. The average Bonchev–Trinajstić information content (AvgIpc) is 3.73. The molecule has 0 saturated heterocycles. The fourth-order valence-corrected chi connectivity index (χ4v) is 9.57. The zero-order valence-electron chi connectivity index (χ0n) is 33.9. The second kappa shape index (κ2) is 14.8. The Morgan fingerprint density at radius 1 is 0.242 bits per heavy atom. The van der Waals surface area contributed by atoms with E-state index in [0.29, 0.717) is 0 Å². The molecule has 2 heteroatoms. The van der Waals surface area contributed by atoms with E-state index in [1.165, 1.54) is 49.2 Å². The molecule has 290 valence electrons. The molecule has 11 aromatic carbocycles. The van der Waals surface area contributed by atoms with Gasteiger partial charge in [-0.25, -0.2) is 0 Å². The fourth-order valence-electron chi connectivity index (χ4n) is 9.57. The van der Waals surface area contributed by atoms with Gasteiger partial charge in [0.25, 0.3) is 0 Å². The highest BCUT2D eigenvalue weighted by molar-refractivity contribution is 6.31. The van der Waals surface area contributed by atoms with Crippen molar-refractivity contribution >= 4 is 92.9 Å². The standard InChI is InChI=1S/C60H39NO/c1-3-15-40(16-4-1)42-27-31-44(32-28-42)61(45-33-29-43(30-34-45)41-17-5-2-6-18-41)46-35-36-52-50-22-10-8-20-48(50)47-19-7-9-21-49(47)51-23-11-12-25-54(51)59-55(57(52)39-46)37-38-56-53-24-13-14-26-58(53)62-60(56)59/h1-39H. The van der Waals surface area contributed by atoms with E-state index in [2.05, 4.69) is 241 Å². The SMILES string of the molecule is c1ccc(-c2ccc(N(c3ccc(-c4ccccc4)cc3)c3ccc4c5ccccc5c5ccccc5c5ccccc5c5c(ccc6c7ccccc7oc65)c4c3)cc2)cc1. The van der Waals surface area contributed by atoms with Crippen molar-refractivity contribution in [2.45, 2.75) is 0 Å². The van der Waals surface area contributed by atoms with Crippen LogP contribution in [0.1, 0.15) is 0 Å². The molecule has 0 bridgehead atoms. The first-order valence-electron chi connectivity index (χ1n) is 21.3. The number of rotatable bonds is 5. The van der Waals surface area contributed by atoms with E-state index in [-0.39, 0.29) is 0 Å². The highest BCUT2D eigenvalue weighted by atomic mass is 16.3. The lowest BCUT2D eigenvalue weighted by molar-refractivity contribution is 0.673. The Bertz CT molecular complexity index is 3640. The lowest BCUT2D eigenvalue weighted by Crippen LogP contribution is -2.09. The minimum absolute atomic E-state index is 0.884. The Morgan fingerprint density at radius 2 is 0.597 bits per heavy atom. The van der Waals surface area contributed by atoms with Gasteiger partial charge in [0.1, 0.15) is 11.2 Å². The van der Waals surface area contributed by atoms with Crippen LogP contribution in [0.5, 0.6) is 0 Å². The first-order chi connectivity index (χ1) is 30.8. The molecule has 0 atom stereocenters. The zero-order chi connectivity index (χ0) is 41.0. The molecule has 0 aliphatic rings. The van der Waals surface area contributed by atoms with Crippen molar-refractivity contribution in [3.63, 3.8) is 0 Å². The van der Waals surface area contributed by atoms with Gasteiger partial charge in [-0.15, -0.1) is 0 Å². The molecule has 12 aromatic rings. The van der Waals surface area contributed by atoms with Crippen LogP contribution in [0.15, 0.2) is 241 Å². The Morgan fingerprint density at radius 3 is 1.13 bits per heavy atom. The van der Waals surface area contributed by atoms with Crippen molar-refractivity contribution < 1.29 is 4.42 Å². The number of hydrogen-bond donors (Lipinski definition) is 0. The van der Waals surface area contributed by atoms with E-state index in [0.717, 1.165) is 65.9 Å². The van der Waals surface area contributed by atoms with Crippen LogP contribution in [-0.4, -0.2) is 0 Å². The number of anilines is 3. The third-order valence-corrected chi connectivity index (χ3v) is 12.5. The lowest BCUT2D eigenvalue weighted by Gasteiger charge is -2.26. The van der Waals surface area contributed by atoms with Crippen LogP contribution in [0.25, 0.3) is 98.1 Å². The summed E-state index contributed by atoms with van der Waals surface area (Å²) < 4.78 is 6.95. The van der Waals surface area contributed by atoms with Gasteiger partial charge < -0.3 is 9.32 Å². The molecular formula is C60H39NO. The molecule has 0 radical (unpaired) electrons. The van der Waals surface area contributed by atoms with Gasteiger partial charge in [0.2, 0.25) is 0 Å². The first-order valence-corrected chi connectivity index (χ1v) is 21.3. The van der Waals surface area contributed by atoms with Crippen molar-refractivity contribution in [1.82, 2.24) is 0 Å². The predicted octanol–water partition coefficient (Wildman–Crippen LogP) is 17.3. The number of furan rings is 1. The molecule has 0 saturated carbocycles. The minimum Gasteiger partial charge on any atom is -0.455 e. The van der Waals surface area contributed by atoms with Crippen molar-refractivity contribution in [3.8, 4) is 22.3 Å². The number of hydrogen-bond acceptors (Lipinski definition) is 2. The van der Waals surface area contributed by atoms with E-state index >= 15 is 0 Å². The summed E-state index contributed by atoms with van der Waals surface area (Å²) in [4.78, 5) is 2.39. The van der Waals surface area contributed by atoms with E-state index < -0.39 is 0 Å². The molecule has 1 aromatic heterocycles. The summed E-state index contributed by atoms with van der Waals surface area (Å²) in [6, 6.07) is 85.6. The fraction of sp³-hybridized carbons (Fsp3) is 0. The van der Waals surface area contributed by atoms with Gasteiger partial charge in [-0.05, 0) is 119 Å². The van der Waals surface area contributed by atoms with Gasteiger partial charge >= 0.3 is 0 Å². The highest BCUT2D eigenvalue weighted by Crippen LogP contribution is 2.44. The number of fused-ring (bicyclic) bond motifs is 14. The largest absolute Gasteiger partial charge is 0.455 e. The quantitative estimate of drug-likeness (QED) is 0.173. The first kappa shape index (κ1) is 35.7. The molecule has 0 aliphatic heterocycles. The molecule has 62 heavy (non-hydrogen) atoms. The maximum absolute atomic E-state index is 6.95. The van der Waals surface area contributed by atoms with Gasteiger partial charge in [-0.3, -0.25) is 0 Å². The zero-order valence-corrected chi connectivity index (χ0v) is 33.9. The van der Waals surface area contributed by atoms with Crippen LogP contribution >= 0.6 is 0 Å². The van der Waals surface area contributed by atoms with Gasteiger partial charge in [-0.2, -0.15) is 0 Å². The molecule has 0 fully saturated rings. The maximum Gasteiger partial charge on any atom is 0.143 e. The van der Waals surface area contributed by atoms with Crippen molar-refractivity contribution in [2.24, 2.45) is 0 Å². The molecule has 0 amide bonds. The van der Waals surface area contributed by atoms with Crippen molar-refractivity contribution in [2.75, 3.05) is 4.90 Å². The topological polar surface area (TPSA) is 16.4 Å². The van der Waals surface area contributed by atoms with Crippen LogP contribution in [0, 0.1) is 0 Å². The van der Waals surface area contributed by atoms with E-state index in [4.69, 9.17) is 4.42 Å². The number of para-hydroxylation sites is 1. The predicted molar refractivity (Wildman–Crippen MR) is 264 cm³/mol. The molecule has 0 spiro atoms. The molecular weight excluding hydrogens is 751 g/mol. The summed E-state index contributed by atoms with van der Waals surface area (Å²) in [7, 11) is 0. The van der Waals surface area contributed by atoms with Gasteiger partial charge in [0.05, 0.1) is 0 Å². The second-order valence-electron chi connectivity index (χ2n) is 16.0. The molecule has 0 unspecified atom stereocenters. The smallest absolute Gasteiger partial charge is 0.143 e. The Kier molecular flexibility index (Phi) is 8.53. The molecule has 0 aliphatic carbocycles. The number of nitrogens with zero attached hydrogens (tertiary/aromatic N) is 1. The van der Waals surface area contributed by atoms with Gasteiger partial charge in [-0.1, -0.05) is 188 Å². The van der Waals surface area contributed by atoms with Crippen LogP contribution in [0.2, 0.25) is 0 Å². The summed E-state index contributed by atoms with van der Waals surface area (Å²) in [5, 5.41) is 13.8. The highest BCUT2D eigenvalue weighted by Gasteiger charge is 2.18. The monoisotopic (exact) mass is 789 g/mol. The normalized spacial score (nSPS) is 11.5. The molecule has 2 nitrogen and oxygen atoms in total. The van der Waals surface area contributed by atoms with Crippen LogP contribution in [0.3, 0.4) is 0 Å². The van der Waals surface area contributed by atoms with E-state index in [1.54, 1.807) is 0 Å². The summed E-state index contributed by atoms with van der Waals surface area (Å²) >= 11 is 0. The van der Waals surface area contributed by atoms with Gasteiger partial charge in [0.15, 0.2) is 0 Å². The number of benzene rings is 10. The second-order valence-corrected chi connectivity index (χ2v) is 16.0. The summed E-state index contributed by atoms with van der Waals surface area (Å²) in [6.45, 7) is 0. The van der Waals surface area contributed by atoms with Crippen LogP contribution in [-0.2, 0) is 0 Å². The van der Waals surface area contributed by atoms with Gasteiger partial charge in [0, 0.05) is 33.2 Å². The average molecular weight is 790 g/mol.